The summed E-state index contributed by atoms with van der Waals surface area (Å²) in [5, 5.41) is 0. The van der Waals surface area contributed by atoms with Crippen LogP contribution in [0.4, 0.5) is 11.5 Å². The molecule has 0 radical (unpaired) electrons. The first-order valence-electron chi connectivity index (χ1n) is 8.39. The minimum atomic E-state index is -3.67. The molecule has 1 fully saturated rings. The van der Waals surface area contributed by atoms with Crippen molar-refractivity contribution in [2.75, 3.05) is 35.8 Å². The highest BCUT2D eigenvalue weighted by Crippen LogP contribution is 2.20. The van der Waals surface area contributed by atoms with E-state index in [1.165, 1.54) is 0 Å². The third kappa shape index (κ3) is 3.96. The van der Waals surface area contributed by atoms with E-state index in [4.69, 9.17) is 0 Å². The Kier molecular flexibility index (Phi) is 5.13. The molecule has 1 aliphatic rings. The Balaban J connectivity index is 1.70. The van der Waals surface area contributed by atoms with E-state index < -0.39 is 10.0 Å². The van der Waals surface area contributed by atoms with Crippen LogP contribution >= 0.6 is 0 Å². The van der Waals surface area contributed by atoms with E-state index in [0.717, 1.165) is 36.3 Å². The normalized spacial score (nSPS) is 15.0. The van der Waals surface area contributed by atoms with Gasteiger partial charge in [-0.1, -0.05) is 6.07 Å². The fourth-order valence-electron chi connectivity index (χ4n) is 2.80. The van der Waals surface area contributed by atoms with Crippen molar-refractivity contribution in [3.05, 3.63) is 47.7 Å². The van der Waals surface area contributed by atoms with Crippen molar-refractivity contribution < 1.29 is 13.2 Å². The maximum Gasteiger partial charge on any atom is 0.263 e. The molecule has 1 saturated heterocycles. The van der Waals surface area contributed by atoms with Crippen LogP contribution in [0.2, 0.25) is 0 Å². The zero-order valence-corrected chi connectivity index (χ0v) is 15.7. The smallest absolute Gasteiger partial charge is 0.263 e. The summed E-state index contributed by atoms with van der Waals surface area (Å²) < 4.78 is 27.6. The lowest BCUT2D eigenvalue weighted by Gasteiger charge is -2.33. The predicted molar refractivity (Wildman–Crippen MR) is 101 cm³/mol. The van der Waals surface area contributed by atoms with Crippen molar-refractivity contribution in [2.45, 2.75) is 18.7 Å². The molecule has 0 saturated carbocycles. The third-order valence-electron chi connectivity index (χ3n) is 4.60. The Hall–Kier alpha value is -2.61. The van der Waals surface area contributed by atoms with Gasteiger partial charge in [-0.2, -0.15) is 0 Å². The van der Waals surface area contributed by atoms with Crippen molar-refractivity contribution in [1.29, 1.82) is 0 Å². The SMILES string of the molecule is Cc1ccc(S(=O)(=O)Nc2ccc(N3CCN(C=O)CC3)cn2)cc1C. The minimum absolute atomic E-state index is 0.219. The van der Waals surface area contributed by atoms with E-state index in [1.54, 1.807) is 35.4 Å². The molecule has 3 rings (SSSR count). The van der Waals surface area contributed by atoms with Gasteiger partial charge in [0.15, 0.2) is 0 Å². The Labute approximate surface area is 153 Å². The number of sulfonamides is 1. The Bertz CT molecular complexity index is 889. The van der Waals surface area contributed by atoms with Gasteiger partial charge in [0, 0.05) is 26.2 Å². The molecule has 26 heavy (non-hydrogen) atoms. The summed E-state index contributed by atoms with van der Waals surface area (Å²) >= 11 is 0. The summed E-state index contributed by atoms with van der Waals surface area (Å²) in [6.45, 7) is 6.62. The van der Waals surface area contributed by atoms with Gasteiger partial charge in [0.1, 0.15) is 5.82 Å². The number of carbonyl (C=O) groups is 1. The summed E-state index contributed by atoms with van der Waals surface area (Å²) in [7, 11) is -3.67. The van der Waals surface area contributed by atoms with Crippen molar-refractivity contribution in [3.63, 3.8) is 0 Å². The second-order valence-corrected chi connectivity index (χ2v) is 8.06. The fraction of sp³-hybridized carbons (Fsp3) is 0.333. The number of pyridine rings is 1. The molecule has 0 aliphatic carbocycles. The number of piperazine rings is 1. The zero-order valence-electron chi connectivity index (χ0n) is 14.8. The van der Waals surface area contributed by atoms with Crippen LogP contribution < -0.4 is 9.62 Å². The van der Waals surface area contributed by atoms with E-state index in [1.807, 2.05) is 19.9 Å². The van der Waals surface area contributed by atoms with Crippen LogP contribution in [0.15, 0.2) is 41.4 Å². The molecule has 1 amide bonds. The molecular weight excluding hydrogens is 352 g/mol. The number of nitrogens with one attached hydrogen (secondary N) is 1. The number of nitrogens with zero attached hydrogens (tertiary/aromatic N) is 3. The number of aromatic nitrogens is 1. The van der Waals surface area contributed by atoms with E-state index in [-0.39, 0.29) is 10.7 Å². The monoisotopic (exact) mass is 374 g/mol. The molecule has 2 aromatic rings. The van der Waals surface area contributed by atoms with E-state index >= 15 is 0 Å². The highest BCUT2D eigenvalue weighted by molar-refractivity contribution is 7.92. The standard InChI is InChI=1S/C18H22N4O3S/c1-14-3-5-17(11-15(14)2)26(24,25)20-18-6-4-16(12-19-18)22-9-7-21(13-23)8-10-22/h3-6,11-13H,7-10H2,1-2H3,(H,19,20). The number of rotatable bonds is 5. The lowest BCUT2D eigenvalue weighted by Crippen LogP contribution is -2.45. The lowest BCUT2D eigenvalue weighted by atomic mass is 10.1. The Morgan fingerprint density at radius 2 is 1.77 bits per heavy atom. The first kappa shape index (κ1) is 18.2. The molecule has 1 aromatic carbocycles. The molecule has 1 aromatic heterocycles. The van der Waals surface area contributed by atoms with Gasteiger partial charge in [-0.05, 0) is 49.2 Å². The van der Waals surface area contributed by atoms with Gasteiger partial charge in [-0.3, -0.25) is 9.52 Å². The summed E-state index contributed by atoms with van der Waals surface area (Å²) in [5.74, 6) is 0.276. The average molecular weight is 374 g/mol. The highest BCUT2D eigenvalue weighted by Gasteiger charge is 2.18. The van der Waals surface area contributed by atoms with Crippen molar-refractivity contribution in [3.8, 4) is 0 Å². The molecule has 138 valence electrons. The average Bonchev–Trinajstić information content (AvgIpc) is 2.64. The summed E-state index contributed by atoms with van der Waals surface area (Å²) in [6.07, 6.45) is 2.51. The number of benzene rings is 1. The number of anilines is 2. The molecule has 1 aliphatic heterocycles. The van der Waals surface area contributed by atoms with Crippen LogP contribution in [0.5, 0.6) is 0 Å². The molecule has 7 nitrogen and oxygen atoms in total. The molecule has 0 spiro atoms. The second-order valence-electron chi connectivity index (χ2n) is 6.38. The number of hydrogen-bond donors (Lipinski definition) is 1. The number of aryl methyl sites for hydroxylation is 2. The van der Waals surface area contributed by atoms with Crippen molar-refractivity contribution in [2.24, 2.45) is 0 Å². The molecule has 0 bridgehead atoms. The van der Waals surface area contributed by atoms with E-state index in [9.17, 15) is 13.2 Å². The fourth-order valence-corrected chi connectivity index (χ4v) is 3.89. The van der Waals surface area contributed by atoms with Gasteiger partial charge >= 0.3 is 0 Å². The quantitative estimate of drug-likeness (QED) is 0.807. The highest BCUT2D eigenvalue weighted by atomic mass is 32.2. The predicted octanol–water partition coefficient (Wildman–Crippen LogP) is 1.78. The molecule has 1 N–H and O–H groups in total. The van der Waals surface area contributed by atoms with Crippen LogP contribution in [0.1, 0.15) is 11.1 Å². The van der Waals surface area contributed by atoms with Crippen LogP contribution in [-0.2, 0) is 14.8 Å². The minimum Gasteiger partial charge on any atom is -0.367 e. The van der Waals surface area contributed by atoms with Gasteiger partial charge < -0.3 is 9.80 Å². The maximum absolute atomic E-state index is 12.5. The third-order valence-corrected chi connectivity index (χ3v) is 5.96. The van der Waals surface area contributed by atoms with Crippen LogP contribution in [0.25, 0.3) is 0 Å². The number of carbonyl (C=O) groups excluding carboxylic acids is 1. The van der Waals surface area contributed by atoms with Gasteiger partial charge in [-0.15, -0.1) is 0 Å². The van der Waals surface area contributed by atoms with Crippen molar-refractivity contribution in [1.82, 2.24) is 9.88 Å². The lowest BCUT2D eigenvalue weighted by molar-refractivity contribution is -0.118. The van der Waals surface area contributed by atoms with Gasteiger partial charge in [0.2, 0.25) is 6.41 Å². The van der Waals surface area contributed by atoms with Crippen LogP contribution in [0, 0.1) is 13.8 Å². The zero-order chi connectivity index (χ0) is 18.7. The largest absolute Gasteiger partial charge is 0.367 e. The van der Waals surface area contributed by atoms with E-state index in [2.05, 4.69) is 14.6 Å². The summed E-state index contributed by atoms with van der Waals surface area (Å²) in [5.41, 5.74) is 2.87. The van der Waals surface area contributed by atoms with Crippen LogP contribution in [-0.4, -0.2) is 50.9 Å². The first-order chi connectivity index (χ1) is 12.4. The molecule has 2 heterocycles. The molecule has 0 unspecified atom stereocenters. The van der Waals surface area contributed by atoms with Crippen molar-refractivity contribution >= 4 is 27.9 Å². The molecule has 8 heteroatoms. The molecular formula is C18H22N4O3S. The first-order valence-corrected chi connectivity index (χ1v) is 9.88. The van der Waals surface area contributed by atoms with Gasteiger partial charge in [0.05, 0.1) is 16.8 Å². The van der Waals surface area contributed by atoms with E-state index in [0.29, 0.717) is 13.1 Å². The maximum atomic E-state index is 12.5. The Morgan fingerprint density at radius 1 is 1.04 bits per heavy atom. The van der Waals surface area contributed by atoms with Gasteiger partial charge in [-0.25, -0.2) is 13.4 Å². The van der Waals surface area contributed by atoms with Gasteiger partial charge in [0.25, 0.3) is 10.0 Å². The topological polar surface area (TPSA) is 82.6 Å². The van der Waals surface area contributed by atoms with Crippen LogP contribution in [0.3, 0.4) is 0 Å². The second kappa shape index (κ2) is 7.33. The number of amides is 1. The molecule has 0 atom stereocenters. The summed E-state index contributed by atoms with van der Waals surface area (Å²) in [6, 6.07) is 8.52. The summed E-state index contributed by atoms with van der Waals surface area (Å²) in [4.78, 5) is 19.1. The number of hydrogen-bond acceptors (Lipinski definition) is 5. The Morgan fingerprint density at radius 3 is 2.35 bits per heavy atom.